The van der Waals surface area contributed by atoms with Crippen molar-refractivity contribution in [3.8, 4) is 0 Å². The van der Waals surface area contributed by atoms with Crippen molar-refractivity contribution in [2.24, 2.45) is 0 Å². The second-order valence-corrected chi connectivity index (χ2v) is 12.1. The van der Waals surface area contributed by atoms with Crippen molar-refractivity contribution in [3.63, 3.8) is 0 Å². The Morgan fingerprint density at radius 2 is 1.50 bits per heavy atom. The predicted octanol–water partition coefficient (Wildman–Crippen LogP) is 8.25. The van der Waals surface area contributed by atoms with Gasteiger partial charge >= 0.3 is 0 Å². The summed E-state index contributed by atoms with van der Waals surface area (Å²) in [5, 5.41) is 12.1. The summed E-state index contributed by atoms with van der Waals surface area (Å²) in [6.45, 7) is 3.97. The van der Waals surface area contributed by atoms with Crippen LogP contribution in [0, 0.1) is 13.8 Å². The van der Waals surface area contributed by atoms with E-state index in [4.69, 9.17) is 0 Å². The van der Waals surface area contributed by atoms with Crippen molar-refractivity contribution in [2.45, 2.75) is 24.0 Å². The molecule has 1 atom stereocenters. The molecule has 0 saturated carbocycles. The molecule has 4 aromatic carbocycles. The topological polar surface area (TPSA) is 87.3 Å². The molecule has 8 heteroatoms. The van der Waals surface area contributed by atoms with E-state index in [-0.39, 0.29) is 17.5 Å². The van der Waals surface area contributed by atoms with Crippen LogP contribution >= 0.6 is 23.1 Å². The molecule has 1 heterocycles. The number of nitrogens with one attached hydrogen (secondary N) is 3. The van der Waals surface area contributed by atoms with Crippen molar-refractivity contribution in [1.82, 2.24) is 5.32 Å². The highest BCUT2D eigenvalue weighted by atomic mass is 32.2. The fourth-order valence-electron chi connectivity index (χ4n) is 4.39. The quantitative estimate of drug-likeness (QED) is 0.109. The third-order valence-electron chi connectivity index (χ3n) is 6.74. The van der Waals surface area contributed by atoms with Gasteiger partial charge in [0.05, 0.1) is 0 Å². The van der Waals surface area contributed by atoms with E-state index < -0.39 is 11.2 Å². The molecule has 0 fully saturated rings. The number of thioether (sulfide) groups is 1. The first-order valence-corrected chi connectivity index (χ1v) is 15.8. The summed E-state index contributed by atoms with van der Waals surface area (Å²) in [4.78, 5) is 40.6. The molecule has 1 unspecified atom stereocenters. The van der Waals surface area contributed by atoms with Gasteiger partial charge in [-0.15, -0.1) is 11.8 Å². The number of hydrogen-bond donors (Lipinski definition) is 3. The maximum atomic E-state index is 13.6. The number of thiophene rings is 1. The van der Waals surface area contributed by atoms with Crippen LogP contribution < -0.4 is 16.0 Å². The Kier molecular flexibility index (Phi) is 10.1. The number of carbonyl (C=O) groups is 3. The molecular weight excluding hydrogens is 587 g/mol. The van der Waals surface area contributed by atoms with Gasteiger partial charge in [-0.2, -0.15) is 11.3 Å². The van der Waals surface area contributed by atoms with E-state index in [0.29, 0.717) is 11.3 Å². The zero-order valence-corrected chi connectivity index (χ0v) is 25.9. The SMILES string of the molecule is Cc1ccc(C)c(NC(=O)C(Sc2ccc(NC(=O)/C(=C/c3ccsc3)NC(=O)c3ccccc3)cc2)c2ccccc2)c1. The van der Waals surface area contributed by atoms with Crippen LogP contribution in [0.5, 0.6) is 0 Å². The van der Waals surface area contributed by atoms with Crippen molar-refractivity contribution in [2.75, 3.05) is 10.6 Å². The second kappa shape index (κ2) is 14.5. The van der Waals surface area contributed by atoms with Gasteiger partial charge in [0, 0.05) is 21.8 Å². The third kappa shape index (κ3) is 8.12. The summed E-state index contributed by atoms with van der Waals surface area (Å²) >= 11 is 2.93. The van der Waals surface area contributed by atoms with E-state index in [2.05, 4.69) is 16.0 Å². The first-order chi connectivity index (χ1) is 21.4. The van der Waals surface area contributed by atoms with Crippen LogP contribution in [-0.4, -0.2) is 17.7 Å². The molecule has 0 aliphatic rings. The molecule has 0 saturated heterocycles. The Balaban J connectivity index is 1.31. The Labute approximate surface area is 265 Å². The lowest BCUT2D eigenvalue weighted by molar-refractivity contribution is -0.116. The average molecular weight is 618 g/mol. The van der Waals surface area contributed by atoms with Gasteiger partial charge in [0.1, 0.15) is 10.9 Å². The van der Waals surface area contributed by atoms with Crippen molar-refractivity contribution >= 4 is 58.3 Å². The minimum atomic E-state index is -0.495. The molecule has 1 aromatic heterocycles. The Morgan fingerprint density at radius 3 is 2.18 bits per heavy atom. The van der Waals surface area contributed by atoms with Crippen LogP contribution in [0.25, 0.3) is 6.08 Å². The minimum absolute atomic E-state index is 0.121. The number of hydrogen-bond acceptors (Lipinski definition) is 5. The molecule has 6 nitrogen and oxygen atoms in total. The summed E-state index contributed by atoms with van der Waals surface area (Å²) in [6, 6.07) is 33.6. The van der Waals surface area contributed by atoms with Crippen molar-refractivity contribution < 1.29 is 14.4 Å². The average Bonchev–Trinajstić information content (AvgIpc) is 3.56. The first-order valence-electron chi connectivity index (χ1n) is 14.0. The maximum Gasteiger partial charge on any atom is 0.272 e. The van der Waals surface area contributed by atoms with E-state index in [0.717, 1.165) is 32.8 Å². The summed E-state index contributed by atoms with van der Waals surface area (Å²) in [6.07, 6.45) is 1.65. The maximum absolute atomic E-state index is 13.6. The zero-order valence-electron chi connectivity index (χ0n) is 24.2. The van der Waals surface area contributed by atoms with Gasteiger partial charge in [0.25, 0.3) is 11.8 Å². The predicted molar refractivity (Wildman–Crippen MR) is 181 cm³/mol. The van der Waals surface area contributed by atoms with Crippen LogP contribution in [0.4, 0.5) is 11.4 Å². The smallest absolute Gasteiger partial charge is 0.272 e. The summed E-state index contributed by atoms with van der Waals surface area (Å²) < 4.78 is 0. The Hall–Kier alpha value is -4.92. The van der Waals surface area contributed by atoms with Gasteiger partial charge in [0.2, 0.25) is 5.91 Å². The van der Waals surface area contributed by atoms with Crippen LogP contribution in [0.1, 0.15) is 37.9 Å². The van der Waals surface area contributed by atoms with Gasteiger partial charge in [-0.1, -0.05) is 60.7 Å². The number of anilines is 2. The van der Waals surface area contributed by atoms with Gasteiger partial charge in [-0.05, 0) is 101 Å². The van der Waals surface area contributed by atoms with E-state index in [9.17, 15) is 14.4 Å². The lowest BCUT2D eigenvalue weighted by Gasteiger charge is -2.18. The highest BCUT2D eigenvalue weighted by molar-refractivity contribution is 8.00. The van der Waals surface area contributed by atoms with Crippen LogP contribution in [0.15, 0.2) is 131 Å². The number of carbonyl (C=O) groups excluding carboxylic acids is 3. The van der Waals surface area contributed by atoms with E-state index in [1.54, 1.807) is 42.5 Å². The highest BCUT2D eigenvalue weighted by Gasteiger charge is 2.23. The monoisotopic (exact) mass is 617 g/mol. The van der Waals surface area contributed by atoms with Crippen molar-refractivity contribution in [1.29, 1.82) is 0 Å². The molecule has 0 bridgehead atoms. The molecule has 3 amide bonds. The van der Waals surface area contributed by atoms with Gasteiger partial charge < -0.3 is 16.0 Å². The molecule has 0 radical (unpaired) electrons. The van der Waals surface area contributed by atoms with Crippen molar-refractivity contribution in [3.05, 3.63) is 153 Å². The largest absolute Gasteiger partial charge is 0.325 e. The van der Waals surface area contributed by atoms with Gasteiger partial charge in [-0.3, -0.25) is 14.4 Å². The number of aryl methyl sites for hydroxylation is 2. The highest BCUT2D eigenvalue weighted by Crippen LogP contribution is 2.37. The Morgan fingerprint density at radius 1 is 0.795 bits per heavy atom. The molecule has 220 valence electrons. The molecule has 0 spiro atoms. The lowest BCUT2D eigenvalue weighted by atomic mass is 10.1. The number of amides is 3. The molecular formula is C36H31N3O3S2. The van der Waals surface area contributed by atoms with E-state index in [1.165, 1.54) is 23.1 Å². The van der Waals surface area contributed by atoms with Gasteiger partial charge in [0.15, 0.2) is 0 Å². The van der Waals surface area contributed by atoms with Gasteiger partial charge in [-0.25, -0.2) is 0 Å². The molecule has 5 rings (SSSR count). The Bertz CT molecular complexity index is 1770. The zero-order chi connectivity index (χ0) is 30.9. The third-order valence-corrected chi connectivity index (χ3v) is 8.71. The normalized spacial score (nSPS) is 11.8. The van der Waals surface area contributed by atoms with Crippen LogP contribution in [-0.2, 0) is 9.59 Å². The number of benzene rings is 4. The molecule has 0 aliphatic heterocycles. The fourth-order valence-corrected chi connectivity index (χ4v) is 6.03. The molecule has 44 heavy (non-hydrogen) atoms. The molecule has 3 N–H and O–H groups in total. The molecule has 0 aliphatic carbocycles. The second-order valence-electron chi connectivity index (χ2n) is 10.1. The van der Waals surface area contributed by atoms with E-state index in [1.807, 2.05) is 97.4 Å². The van der Waals surface area contributed by atoms with Crippen LogP contribution in [0.2, 0.25) is 0 Å². The summed E-state index contributed by atoms with van der Waals surface area (Å²) in [7, 11) is 0. The minimum Gasteiger partial charge on any atom is -0.325 e. The lowest BCUT2D eigenvalue weighted by Crippen LogP contribution is -2.30. The van der Waals surface area contributed by atoms with E-state index >= 15 is 0 Å². The fraction of sp³-hybridized carbons (Fsp3) is 0.0833. The number of rotatable bonds is 10. The standard InChI is InChI=1S/C36H31N3O3S2/c1-24-13-14-25(2)31(21-24)38-36(42)33(27-9-5-3-6-10-27)44-30-17-15-29(16-18-30)37-35(41)32(22-26-19-20-43-23-26)39-34(40)28-11-7-4-8-12-28/h3-23,33H,1-2H3,(H,37,41)(H,38,42)(H,39,40)/b32-22-. The first kappa shape index (κ1) is 30.5. The summed E-state index contributed by atoms with van der Waals surface area (Å²) in [5.41, 5.74) is 5.69. The molecule has 5 aromatic rings. The summed E-state index contributed by atoms with van der Waals surface area (Å²) in [5.74, 6) is -0.944. The van der Waals surface area contributed by atoms with Crippen LogP contribution in [0.3, 0.4) is 0 Å².